The van der Waals surface area contributed by atoms with Crippen LogP contribution in [-0.4, -0.2) is 20.5 Å². The lowest BCUT2D eigenvalue weighted by Gasteiger charge is -2.31. The van der Waals surface area contributed by atoms with Crippen molar-refractivity contribution in [2.45, 2.75) is 17.9 Å². The van der Waals surface area contributed by atoms with Crippen LogP contribution in [0.3, 0.4) is 0 Å². The fourth-order valence-corrected chi connectivity index (χ4v) is 4.73. The van der Waals surface area contributed by atoms with Gasteiger partial charge in [-0.3, -0.25) is 14.4 Å². The van der Waals surface area contributed by atoms with Gasteiger partial charge in [0.05, 0.1) is 28.7 Å². The van der Waals surface area contributed by atoms with Crippen LogP contribution in [0.1, 0.15) is 18.5 Å². The summed E-state index contributed by atoms with van der Waals surface area (Å²) in [7, 11) is -2.61. The maximum Gasteiger partial charge on any atom is 0.270 e. The SMILES string of the molecule is COc1cccc(N([C@H](C)c2ccccc2)S(=O)(=O)c2cccc([N+](=O)[O-])c2)c1. The highest BCUT2D eigenvalue weighted by atomic mass is 32.2. The third kappa shape index (κ3) is 4.22. The highest BCUT2D eigenvalue weighted by Gasteiger charge is 2.31. The van der Waals surface area contributed by atoms with Crippen LogP contribution in [0.15, 0.2) is 83.8 Å². The molecule has 8 heteroatoms. The molecule has 150 valence electrons. The molecule has 0 fully saturated rings. The quantitative estimate of drug-likeness (QED) is 0.419. The Morgan fingerprint density at radius 3 is 2.31 bits per heavy atom. The second-order valence-electron chi connectivity index (χ2n) is 6.34. The van der Waals surface area contributed by atoms with E-state index in [0.29, 0.717) is 11.4 Å². The highest BCUT2D eigenvalue weighted by molar-refractivity contribution is 7.92. The summed E-state index contributed by atoms with van der Waals surface area (Å²) in [6.07, 6.45) is 0. The molecule has 7 nitrogen and oxygen atoms in total. The van der Waals surface area contributed by atoms with E-state index in [9.17, 15) is 18.5 Å². The van der Waals surface area contributed by atoms with Gasteiger partial charge in [-0.05, 0) is 30.7 Å². The number of hydrogen-bond acceptors (Lipinski definition) is 5. The normalized spacial score (nSPS) is 12.2. The second kappa shape index (κ2) is 8.32. The zero-order valence-corrected chi connectivity index (χ0v) is 16.7. The van der Waals surface area contributed by atoms with Crippen molar-refractivity contribution in [3.8, 4) is 5.75 Å². The van der Waals surface area contributed by atoms with Crippen LogP contribution in [0.25, 0.3) is 0 Å². The predicted octanol–water partition coefficient (Wildman–Crippen LogP) is 4.56. The Balaban J connectivity index is 2.18. The Morgan fingerprint density at radius 2 is 1.66 bits per heavy atom. The lowest BCUT2D eigenvalue weighted by Crippen LogP contribution is -2.33. The first-order chi connectivity index (χ1) is 13.8. The Labute approximate surface area is 169 Å². The third-order valence-electron chi connectivity index (χ3n) is 4.53. The van der Waals surface area contributed by atoms with Gasteiger partial charge in [-0.1, -0.05) is 42.5 Å². The van der Waals surface area contributed by atoms with Crippen molar-refractivity contribution in [2.24, 2.45) is 0 Å². The molecule has 0 bridgehead atoms. The van der Waals surface area contributed by atoms with Gasteiger partial charge in [0.2, 0.25) is 0 Å². The van der Waals surface area contributed by atoms with Crippen molar-refractivity contribution >= 4 is 21.4 Å². The largest absolute Gasteiger partial charge is 0.497 e. The zero-order chi connectivity index (χ0) is 21.0. The summed E-state index contributed by atoms with van der Waals surface area (Å²) in [5, 5.41) is 11.1. The van der Waals surface area contributed by atoms with E-state index in [1.165, 1.54) is 29.6 Å². The highest BCUT2D eigenvalue weighted by Crippen LogP contribution is 2.35. The molecule has 0 spiro atoms. The van der Waals surface area contributed by atoms with Crippen molar-refractivity contribution < 1.29 is 18.1 Å². The molecule has 3 aromatic rings. The molecule has 0 unspecified atom stereocenters. The minimum Gasteiger partial charge on any atom is -0.497 e. The van der Waals surface area contributed by atoms with E-state index in [1.54, 1.807) is 31.2 Å². The number of sulfonamides is 1. The summed E-state index contributed by atoms with van der Waals surface area (Å²) >= 11 is 0. The van der Waals surface area contributed by atoms with Gasteiger partial charge in [0, 0.05) is 18.2 Å². The lowest BCUT2D eigenvalue weighted by molar-refractivity contribution is -0.385. The monoisotopic (exact) mass is 412 g/mol. The van der Waals surface area contributed by atoms with E-state index in [1.807, 2.05) is 30.3 Å². The third-order valence-corrected chi connectivity index (χ3v) is 6.42. The molecule has 0 saturated carbocycles. The first-order valence-corrected chi connectivity index (χ1v) is 10.3. The summed E-state index contributed by atoms with van der Waals surface area (Å²) in [4.78, 5) is 10.4. The summed E-state index contributed by atoms with van der Waals surface area (Å²) < 4.78 is 33.7. The van der Waals surface area contributed by atoms with E-state index in [-0.39, 0.29) is 10.6 Å². The van der Waals surface area contributed by atoms with E-state index < -0.39 is 21.0 Å². The average molecular weight is 412 g/mol. The summed E-state index contributed by atoms with van der Waals surface area (Å²) in [6, 6.07) is 20.4. The van der Waals surface area contributed by atoms with Crippen LogP contribution in [0.4, 0.5) is 11.4 Å². The number of benzene rings is 3. The number of hydrogen-bond donors (Lipinski definition) is 0. The molecule has 0 N–H and O–H groups in total. The van der Waals surface area contributed by atoms with Gasteiger partial charge >= 0.3 is 0 Å². The van der Waals surface area contributed by atoms with Gasteiger partial charge in [0.15, 0.2) is 0 Å². The van der Waals surface area contributed by atoms with Crippen LogP contribution in [0.5, 0.6) is 5.75 Å². The Morgan fingerprint density at radius 1 is 0.966 bits per heavy atom. The van der Waals surface area contributed by atoms with Crippen molar-refractivity contribution in [1.82, 2.24) is 0 Å². The molecule has 0 radical (unpaired) electrons. The molecular weight excluding hydrogens is 392 g/mol. The summed E-state index contributed by atoms with van der Waals surface area (Å²) in [5.74, 6) is 0.502. The fourth-order valence-electron chi connectivity index (χ4n) is 3.06. The van der Waals surface area contributed by atoms with Crippen LogP contribution < -0.4 is 9.04 Å². The molecular formula is C21H20N2O5S. The Hall–Kier alpha value is -3.39. The van der Waals surface area contributed by atoms with Gasteiger partial charge in [-0.15, -0.1) is 0 Å². The van der Waals surface area contributed by atoms with Crippen LogP contribution in [0.2, 0.25) is 0 Å². The molecule has 0 aromatic heterocycles. The number of nitro benzene ring substituents is 1. The smallest absolute Gasteiger partial charge is 0.270 e. The van der Waals surface area contributed by atoms with Gasteiger partial charge in [-0.2, -0.15) is 0 Å². The average Bonchev–Trinajstić information content (AvgIpc) is 2.74. The molecule has 3 rings (SSSR count). The van der Waals surface area contributed by atoms with E-state index in [0.717, 1.165) is 11.6 Å². The van der Waals surface area contributed by atoms with Gasteiger partial charge < -0.3 is 4.74 Å². The maximum atomic E-state index is 13.6. The maximum absolute atomic E-state index is 13.6. The number of rotatable bonds is 7. The second-order valence-corrected chi connectivity index (χ2v) is 8.16. The molecule has 1 atom stereocenters. The van der Waals surface area contributed by atoms with Crippen LogP contribution in [-0.2, 0) is 10.0 Å². The van der Waals surface area contributed by atoms with Crippen LogP contribution in [0, 0.1) is 10.1 Å². The lowest BCUT2D eigenvalue weighted by atomic mass is 10.1. The number of nitrogens with zero attached hydrogens (tertiary/aromatic N) is 2. The topological polar surface area (TPSA) is 89.8 Å². The molecule has 29 heavy (non-hydrogen) atoms. The molecule has 0 heterocycles. The number of ether oxygens (including phenoxy) is 1. The minimum atomic E-state index is -4.11. The van der Waals surface area contributed by atoms with Gasteiger partial charge in [-0.25, -0.2) is 8.42 Å². The van der Waals surface area contributed by atoms with Crippen molar-refractivity contribution in [2.75, 3.05) is 11.4 Å². The molecule has 0 aliphatic rings. The van der Waals surface area contributed by atoms with Crippen molar-refractivity contribution in [3.05, 3.63) is 94.5 Å². The standard InChI is InChI=1S/C21H20N2O5S/c1-16(17-8-4-3-5-9-17)22(18-10-6-12-20(14-18)28-2)29(26,27)21-13-7-11-19(15-21)23(24)25/h3-16H,1-2H3/t16-/m1/s1. The van der Waals surface area contributed by atoms with Crippen LogP contribution >= 0.6 is 0 Å². The van der Waals surface area contributed by atoms with Gasteiger partial charge in [0.1, 0.15) is 5.75 Å². The first-order valence-electron chi connectivity index (χ1n) is 8.82. The fraction of sp³-hybridized carbons (Fsp3) is 0.143. The molecule has 0 aliphatic heterocycles. The van der Waals surface area contributed by atoms with E-state index >= 15 is 0 Å². The summed E-state index contributed by atoms with van der Waals surface area (Å²) in [6.45, 7) is 1.77. The van der Waals surface area contributed by atoms with Crippen molar-refractivity contribution in [3.63, 3.8) is 0 Å². The first kappa shape index (κ1) is 20.3. The Bertz CT molecular complexity index is 1120. The Kier molecular flexibility index (Phi) is 5.84. The van der Waals surface area contributed by atoms with E-state index in [4.69, 9.17) is 4.74 Å². The summed E-state index contributed by atoms with van der Waals surface area (Å²) in [5.41, 5.74) is 0.889. The van der Waals surface area contributed by atoms with Crippen molar-refractivity contribution in [1.29, 1.82) is 0 Å². The number of anilines is 1. The molecule has 0 aliphatic carbocycles. The minimum absolute atomic E-state index is 0.155. The number of non-ortho nitro benzene ring substituents is 1. The molecule has 3 aromatic carbocycles. The number of methoxy groups -OCH3 is 1. The van der Waals surface area contributed by atoms with Gasteiger partial charge in [0.25, 0.3) is 15.7 Å². The molecule has 0 amide bonds. The number of nitro groups is 1. The van der Waals surface area contributed by atoms with E-state index in [2.05, 4.69) is 0 Å². The molecule has 0 saturated heterocycles. The predicted molar refractivity (Wildman–Crippen MR) is 111 cm³/mol. The zero-order valence-electron chi connectivity index (χ0n) is 15.9.